The van der Waals surface area contributed by atoms with Crippen LogP contribution in [0.15, 0.2) is 23.1 Å². The Labute approximate surface area is 164 Å². The first-order valence-corrected chi connectivity index (χ1v) is 10.5. The Kier molecular flexibility index (Phi) is 6.10. The lowest BCUT2D eigenvalue weighted by Crippen LogP contribution is -2.50. The number of carboxylic acids is 1. The standard InChI is InChI=1S/C17H17NO5S3/c1-25-7-4-11(16(20)21)18-15(19)14(26-17(18)24)9-10-2-3-12-13(8-10)23-6-5-22-12/h2-3,8-9,11H,4-7H2,1H3,(H,20,21)/p-1/b14-9+/t11-/m0/s1. The maximum absolute atomic E-state index is 12.7. The van der Waals surface area contributed by atoms with Gasteiger partial charge in [-0.2, -0.15) is 11.8 Å². The second-order valence-electron chi connectivity index (χ2n) is 5.57. The lowest BCUT2D eigenvalue weighted by Gasteiger charge is -2.27. The monoisotopic (exact) mass is 410 g/mol. The van der Waals surface area contributed by atoms with Gasteiger partial charge < -0.3 is 19.4 Å². The molecule has 0 saturated carbocycles. The lowest BCUT2D eigenvalue weighted by molar-refractivity contribution is -0.310. The molecule has 1 aromatic rings. The van der Waals surface area contributed by atoms with E-state index in [2.05, 4.69) is 0 Å². The van der Waals surface area contributed by atoms with Crippen LogP contribution in [0.4, 0.5) is 0 Å². The van der Waals surface area contributed by atoms with Gasteiger partial charge in [0.2, 0.25) is 0 Å². The zero-order valence-electron chi connectivity index (χ0n) is 13.9. The van der Waals surface area contributed by atoms with E-state index in [1.807, 2.05) is 12.3 Å². The van der Waals surface area contributed by atoms with Crippen LogP contribution in [0.1, 0.15) is 12.0 Å². The van der Waals surface area contributed by atoms with Crippen molar-refractivity contribution in [1.82, 2.24) is 4.90 Å². The summed E-state index contributed by atoms with van der Waals surface area (Å²) >= 11 is 7.84. The Hall–Kier alpha value is -1.71. The van der Waals surface area contributed by atoms with E-state index in [-0.39, 0.29) is 10.7 Å². The number of benzene rings is 1. The minimum Gasteiger partial charge on any atom is -0.548 e. The molecule has 3 rings (SSSR count). The van der Waals surface area contributed by atoms with Crippen molar-refractivity contribution in [3.05, 3.63) is 28.7 Å². The number of rotatable bonds is 6. The maximum Gasteiger partial charge on any atom is 0.266 e. The molecule has 1 aromatic carbocycles. The van der Waals surface area contributed by atoms with Gasteiger partial charge in [0.05, 0.1) is 16.9 Å². The molecular formula is C17H16NO5S3-. The Bertz CT molecular complexity index is 780. The van der Waals surface area contributed by atoms with Gasteiger partial charge >= 0.3 is 0 Å². The number of carbonyl (C=O) groups is 2. The zero-order valence-corrected chi connectivity index (χ0v) is 16.4. The van der Waals surface area contributed by atoms with Crippen molar-refractivity contribution in [3.8, 4) is 11.5 Å². The van der Waals surface area contributed by atoms with E-state index in [0.717, 1.165) is 22.2 Å². The highest BCUT2D eigenvalue weighted by molar-refractivity contribution is 8.26. The summed E-state index contributed by atoms with van der Waals surface area (Å²) in [5.41, 5.74) is 0.754. The van der Waals surface area contributed by atoms with Crippen LogP contribution in [0.25, 0.3) is 6.08 Å². The molecule has 6 nitrogen and oxygen atoms in total. The summed E-state index contributed by atoms with van der Waals surface area (Å²) in [6.45, 7) is 0.979. The third-order valence-electron chi connectivity index (χ3n) is 3.87. The predicted octanol–water partition coefficient (Wildman–Crippen LogP) is 1.53. The van der Waals surface area contributed by atoms with Crippen LogP contribution >= 0.6 is 35.7 Å². The van der Waals surface area contributed by atoms with Crippen molar-refractivity contribution < 1.29 is 24.2 Å². The predicted molar refractivity (Wildman–Crippen MR) is 104 cm³/mol. The van der Waals surface area contributed by atoms with Gasteiger partial charge in [0.25, 0.3) is 5.91 Å². The SMILES string of the molecule is CSCC[C@@H](C(=O)[O-])N1C(=O)/C(=C\c2ccc3c(c2)OCCO3)SC1=S. The Morgan fingerprint density at radius 1 is 1.42 bits per heavy atom. The van der Waals surface area contributed by atoms with E-state index in [0.29, 0.717) is 35.4 Å². The van der Waals surface area contributed by atoms with Crippen molar-refractivity contribution in [2.24, 2.45) is 0 Å². The smallest absolute Gasteiger partial charge is 0.266 e. The maximum atomic E-state index is 12.7. The van der Waals surface area contributed by atoms with Gasteiger partial charge in [-0.25, -0.2) is 0 Å². The molecule has 1 amide bonds. The quantitative estimate of drug-likeness (QED) is 0.516. The number of carbonyl (C=O) groups excluding carboxylic acids is 2. The molecule has 0 spiro atoms. The van der Waals surface area contributed by atoms with Crippen molar-refractivity contribution in [2.45, 2.75) is 12.5 Å². The van der Waals surface area contributed by atoms with Gasteiger partial charge in [-0.15, -0.1) is 0 Å². The second kappa shape index (κ2) is 8.32. The van der Waals surface area contributed by atoms with Crippen LogP contribution in [0, 0.1) is 0 Å². The number of hydrogen-bond donors (Lipinski definition) is 0. The number of ether oxygens (including phenoxy) is 2. The van der Waals surface area contributed by atoms with Crippen LogP contribution in [0.3, 0.4) is 0 Å². The highest BCUT2D eigenvalue weighted by atomic mass is 32.2. The topological polar surface area (TPSA) is 78.9 Å². The molecule has 0 N–H and O–H groups in total. The van der Waals surface area contributed by atoms with E-state index in [9.17, 15) is 14.7 Å². The summed E-state index contributed by atoms with van der Waals surface area (Å²) in [5.74, 6) is 0.168. The lowest BCUT2D eigenvalue weighted by atomic mass is 10.1. The number of fused-ring (bicyclic) bond motifs is 1. The molecule has 2 aliphatic heterocycles. The van der Waals surface area contributed by atoms with Crippen LogP contribution in [0.5, 0.6) is 11.5 Å². The Morgan fingerprint density at radius 3 is 2.85 bits per heavy atom. The molecule has 2 aliphatic rings. The first kappa shape index (κ1) is 19.1. The van der Waals surface area contributed by atoms with E-state index in [4.69, 9.17) is 21.7 Å². The average Bonchev–Trinajstić information content (AvgIpc) is 2.89. The molecular weight excluding hydrogens is 394 g/mol. The minimum atomic E-state index is -1.30. The van der Waals surface area contributed by atoms with Crippen molar-refractivity contribution in [2.75, 3.05) is 25.2 Å². The average molecular weight is 411 g/mol. The van der Waals surface area contributed by atoms with E-state index >= 15 is 0 Å². The molecule has 9 heteroatoms. The van der Waals surface area contributed by atoms with E-state index in [1.54, 1.807) is 18.2 Å². The fourth-order valence-corrected chi connectivity index (χ4v) is 4.45. The normalized spacial score (nSPS) is 19.1. The largest absolute Gasteiger partial charge is 0.548 e. The number of hydrogen-bond acceptors (Lipinski definition) is 8. The molecule has 2 heterocycles. The van der Waals surface area contributed by atoms with Crippen LogP contribution in [0.2, 0.25) is 0 Å². The molecule has 0 bridgehead atoms. The Balaban J connectivity index is 1.83. The summed E-state index contributed by atoms with van der Waals surface area (Å²) in [6, 6.07) is 4.32. The van der Waals surface area contributed by atoms with Crippen molar-refractivity contribution in [3.63, 3.8) is 0 Å². The van der Waals surface area contributed by atoms with E-state index < -0.39 is 17.9 Å². The fourth-order valence-electron chi connectivity index (χ4n) is 2.63. The van der Waals surface area contributed by atoms with Crippen molar-refractivity contribution >= 4 is 58.0 Å². The number of nitrogens with zero attached hydrogens (tertiary/aromatic N) is 1. The van der Waals surface area contributed by atoms with Gasteiger partial charge in [-0.1, -0.05) is 30.0 Å². The number of thiocarbonyl (C=S) groups is 1. The summed E-state index contributed by atoms with van der Waals surface area (Å²) in [6.07, 6.45) is 3.84. The second-order valence-corrected chi connectivity index (χ2v) is 8.23. The molecule has 26 heavy (non-hydrogen) atoms. The highest BCUT2D eigenvalue weighted by Crippen LogP contribution is 2.36. The third-order valence-corrected chi connectivity index (χ3v) is 5.84. The molecule has 0 unspecified atom stereocenters. The Morgan fingerprint density at radius 2 is 2.15 bits per heavy atom. The molecule has 1 fully saturated rings. The highest BCUT2D eigenvalue weighted by Gasteiger charge is 2.37. The molecule has 0 radical (unpaired) electrons. The fraction of sp³-hybridized carbons (Fsp3) is 0.353. The van der Waals surface area contributed by atoms with Gasteiger partial charge in [0.15, 0.2) is 11.5 Å². The third kappa shape index (κ3) is 3.99. The number of amides is 1. The zero-order chi connectivity index (χ0) is 18.7. The van der Waals surface area contributed by atoms with Crippen LogP contribution < -0.4 is 14.6 Å². The molecule has 0 aliphatic carbocycles. The first-order chi connectivity index (χ1) is 12.5. The minimum absolute atomic E-state index is 0.231. The molecule has 1 atom stereocenters. The van der Waals surface area contributed by atoms with Gasteiger partial charge in [0, 0.05) is 0 Å². The summed E-state index contributed by atoms with van der Waals surface area (Å²) in [4.78, 5) is 25.7. The first-order valence-electron chi connectivity index (χ1n) is 7.87. The van der Waals surface area contributed by atoms with Gasteiger partial charge in [-0.3, -0.25) is 9.69 Å². The van der Waals surface area contributed by atoms with Gasteiger partial charge in [0.1, 0.15) is 17.5 Å². The van der Waals surface area contributed by atoms with Gasteiger partial charge in [-0.05, 0) is 42.2 Å². The van der Waals surface area contributed by atoms with E-state index in [1.165, 1.54) is 11.8 Å². The summed E-state index contributed by atoms with van der Waals surface area (Å²) < 4.78 is 11.2. The number of carboxylic acid groups (broad SMARTS) is 1. The van der Waals surface area contributed by atoms with Crippen LogP contribution in [-0.4, -0.2) is 52.4 Å². The van der Waals surface area contributed by atoms with Crippen molar-refractivity contribution in [1.29, 1.82) is 0 Å². The number of thioether (sulfide) groups is 2. The molecule has 138 valence electrons. The molecule has 1 saturated heterocycles. The number of aliphatic carboxylic acids is 1. The summed E-state index contributed by atoms with van der Waals surface area (Å²) in [7, 11) is 0. The summed E-state index contributed by atoms with van der Waals surface area (Å²) in [5, 5.41) is 11.5. The molecule has 0 aromatic heterocycles. The van der Waals surface area contributed by atoms with Crippen LogP contribution in [-0.2, 0) is 9.59 Å².